The first-order valence-electron chi connectivity index (χ1n) is 10.2. The predicted octanol–water partition coefficient (Wildman–Crippen LogP) is 2.51. The Morgan fingerprint density at radius 2 is 2.07 bits per heavy atom. The van der Waals surface area contributed by atoms with Crippen LogP contribution in [0.2, 0.25) is 0 Å². The van der Waals surface area contributed by atoms with Crippen LogP contribution in [0.5, 0.6) is 0 Å². The molecule has 0 saturated heterocycles. The number of aromatic nitrogens is 3. The summed E-state index contributed by atoms with van der Waals surface area (Å²) >= 11 is 1.74. The second-order valence-electron chi connectivity index (χ2n) is 6.68. The van der Waals surface area contributed by atoms with E-state index in [4.69, 9.17) is 4.99 Å². The molecule has 2 heterocycles. The number of guanidine groups is 1. The Hall–Kier alpha value is -1.69. The lowest BCUT2D eigenvalue weighted by atomic mass is 10.3. The van der Waals surface area contributed by atoms with Gasteiger partial charge in [0.1, 0.15) is 12.2 Å². The Balaban J connectivity index is 0.00000450. The van der Waals surface area contributed by atoms with Gasteiger partial charge in [-0.25, -0.2) is 0 Å². The second-order valence-corrected chi connectivity index (χ2v) is 7.71. The van der Waals surface area contributed by atoms with Crippen molar-refractivity contribution in [2.24, 2.45) is 4.99 Å². The summed E-state index contributed by atoms with van der Waals surface area (Å²) in [5, 5.41) is 13.6. The van der Waals surface area contributed by atoms with Crippen molar-refractivity contribution in [3.8, 4) is 0 Å². The van der Waals surface area contributed by atoms with E-state index in [9.17, 15) is 4.79 Å². The van der Waals surface area contributed by atoms with Gasteiger partial charge in [0.25, 0.3) is 0 Å². The van der Waals surface area contributed by atoms with Gasteiger partial charge >= 0.3 is 0 Å². The number of rotatable bonds is 11. The van der Waals surface area contributed by atoms with Gasteiger partial charge in [0.2, 0.25) is 5.91 Å². The fourth-order valence-electron chi connectivity index (χ4n) is 3.02. The van der Waals surface area contributed by atoms with Gasteiger partial charge in [0.15, 0.2) is 5.96 Å². The zero-order chi connectivity index (χ0) is 21.1. The van der Waals surface area contributed by atoms with E-state index >= 15 is 0 Å². The quantitative estimate of drug-likeness (QED) is 0.266. The Labute approximate surface area is 200 Å². The van der Waals surface area contributed by atoms with Gasteiger partial charge < -0.3 is 19.7 Å². The number of hydrogen-bond acceptors (Lipinski definition) is 5. The molecule has 8 nitrogen and oxygen atoms in total. The van der Waals surface area contributed by atoms with Gasteiger partial charge in [-0.3, -0.25) is 9.79 Å². The maximum atomic E-state index is 12.5. The van der Waals surface area contributed by atoms with Crippen LogP contribution in [0.1, 0.15) is 31.5 Å². The summed E-state index contributed by atoms with van der Waals surface area (Å²) in [6, 6.07) is 4.18. The van der Waals surface area contributed by atoms with E-state index in [0.29, 0.717) is 19.6 Å². The first-order valence-corrected chi connectivity index (χ1v) is 11.1. The molecule has 2 aromatic rings. The molecule has 0 aliphatic carbocycles. The molecule has 10 heteroatoms. The minimum absolute atomic E-state index is 0. The van der Waals surface area contributed by atoms with E-state index in [0.717, 1.165) is 44.3 Å². The summed E-state index contributed by atoms with van der Waals surface area (Å²) < 4.78 is 2.04. The van der Waals surface area contributed by atoms with E-state index in [1.54, 1.807) is 17.7 Å². The SMILES string of the molecule is CCc1nncn1CCNC(=NCCc1cccs1)N(C)CC(=O)N(CC)CC.I. The molecular formula is C20H34IN7OS. The van der Waals surface area contributed by atoms with Crippen LogP contribution < -0.4 is 5.32 Å². The molecule has 0 fully saturated rings. The Bertz CT molecular complexity index is 759. The summed E-state index contributed by atoms with van der Waals surface area (Å²) in [5.74, 6) is 1.82. The zero-order valence-electron chi connectivity index (χ0n) is 18.4. The van der Waals surface area contributed by atoms with Crippen molar-refractivity contribution in [3.63, 3.8) is 0 Å². The summed E-state index contributed by atoms with van der Waals surface area (Å²) in [6.45, 7) is 9.92. The standard InChI is InChI=1S/C20H33N7OS.HI/c1-5-18-24-23-16-27(18)13-12-22-20(21-11-10-17-9-8-14-29-17)25(4)15-19(28)26(6-2)7-3;/h8-9,14,16H,5-7,10-13,15H2,1-4H3,(H,21,22);1H. The van der Waals surface area contributed by atoms with E-state index in [-0.39, 0.29) is 29.9 Å². The molecule has 0 atom stereocenters. The maximum Gasteiger partial charge on any atom is 0.242 e. The van der Waals surface area contributed by atoms with Gasteiger partial charge in [-0.2, -0.15) is 0 Å². The lowest BCUT2D eigenvalue weighted by Gasteiger charge is -2.26. The Morgan fingerprint density at radius 1 is 1.30 bits per heavy atom. The van der Waals surface area contributed by atoms with Crippen LogP contribution in [0.25, 0.3) is 0 Å². The van der Waals surface area contributed by atoms with Crippen molar-refractivity contribution in [1.29, 1.82) is 0 Å². The lowest BCUT2D eigenvalue weighted by Crippen LogP contribution is -2.46. The molecule has 2 aromatic heterocycles. The monoisotopic (exact) mass is 547 g/mol. The molecule has 0 saturated carbocycles. The van der Waals surface area contributed by atoms with Gasteiger partial charge in [0.05, 0.1) is 6.54 Å². The highest BCUT2D eigenvalue weighted by Crippen LogP contribution is 2.09. The Morgan fingerprint density at radius 3 is 2.70 bits per heavy atom. The van der Waals surface area contributed by atoms with Crippen LogP contribution in [-0.4, -0.2) is 76.2 Å². The number of likely N-dealkylation sites (N-methyl/N-ethyl adjacent to an activating group) is 2. The number of nitrogens with zero attached hydrogens (tertiary/aromatic N) is 6. The molecule has 2 rings (SSSR count). The summed E-state index contributed by atoms with van der Waals surface area (Å²) in [6.07, 6.45) is 3.49. The van der Waals surface area contributed by atoms with Crippen molar-refractivity contribution in [3.05, 3.63) is 34.5 Å². The van der Waals surface area contributed by atoms with Crippen LogP contribution in [0, 0.1) is 0 Å². The number of carbonyl (C=O) groups is 1. The maximum absolute atomic E-state index is 12.5. The van der Waals surface area contributed by atoms with Crippen molar-refractivity contribution < 1.29 is 4.79 Å². The molecule has 0 bridgehead atoms. The van der Waals surface area contributed by atoms with Crippen LogP contribution in [0.4, 0.5) is 0 Å². The molecule has 0 unspecified atom stereocenters. The molecule has 1 amide bonds. The molecule has 0 radical (unpaired) electrons. The van der Waals surface area contributed by atoms with Crippen molar-refractivity contribution in [1.82, 2.24) is 29.9 Å². The largest absolute Gasteiger partial charge is 0.354 e. The van der Waals surface area contributed by atoms with Crippen LogP contribution in [0.3, 0.4) is 0 Å². The predicted molar refractivity (Wildman–Crippen MR) is 134 cm³/mol. The van der Waals surface area contributed by atoms with Crippen LogP contribution >= 0.6 is 35.3 Å². The topological polar surface area (TPSA) is 78.6 Å². The van der Waals surface area contributed by atoms with Crippen molar-refractivity contribution in [2.45, 2.75) is 40.2 Å². The van der Waals surface area contributed by atoms with Gasteiger partial charge in [0, 0.05) is 57.5 Å². The molecule has 0 aliphatic heterocycles. The molecule has 0 aliphatic rings. The zero-order valence-corrected chi connectivity index (χ0v) is 21.5. The molecule has 0 spiro atoms. The highest BCUT2D eigenvalue weighted by molar-refractivity contribution is 14.0. The van der Waals surface area contributed by atoms with E-state index in [1.807, 2.05) is 35.3 Å². The van der Waals surface area contributed by atoms with Crippen LogP contribution in [0.15, 0.2) is 28.8 Å². The van der Waals surface area contributed by atoms with E-state index in [1.165, 1.54) is 4.88 Å². The summed E-state index contributed by atoms with van der Waals surface area (Å²) in [4.78, 5) is 22.3. The van der Waals surface area contributed by atoms with Gasteiger partial charge in [-0.1, -0.05) is 13.0 Å². The third-order valence-corrected chi connectivity index (χ3v) is 5.63. The molecule has 0 aromatic carbocycles. The molecular weight excluding hydrogens is 513 g/mol. The second kappa shape index (κ2) is 14.3. The average molecular weight is 548 g/mol. The first kappa shape index (κ1) is 26.3. The molecule has 30 heavy (non-hydrogen) atoms. The highest BCUT2D eigenvalue weighted by atomic mass is 127. The summed E-state index contributed by atoms with van der Waals surface area (Å²) in [7, 11) is 1.91. The summed E-state index contributed by atoms with van der Waals surface area (Å²) in [5.41, 5.74) is 0. The minimum Gasteiger partial charge on any atom is -0.354 e. The van der Waals surface area contributed by atoms with E-state index in [2.05, 4.69) is 40.0 Å². The number of thiophene rings is 1. The first-order chi connectivity index (χ1) is 14.1. The highest BCUT2D eigenvalue weighted by Gasteiger charge is 2.15. The van der Waals surface area contributed by atoms with Gasteiger partial charge in [-0.05, 0) is 25.3 Å². The van der Waals surface area contributed by atoms with E-state index < -0.39 is 0 Å². The lowest BCUT2D eigenvalue weighted by molar-refractivity contribution is -0.131. The number of carbonyl (C=O) groups excluding carboxylic acids is 1. The normalized spacial score (nSPS) is 11.1. The molecule has 168 valence electrons. The third-order valence-electron chi connectivity index (χ3n) is 4.70. The van der Waals surface area contributed by atoms with Crippen LogP contribution in [-0.2, 0) is 24.2 Å². The number of aryl methyl sites for hydroxylation is 1. The number of hydrogen-bond donors (Lipinski definition) is 1. The number of aliphatic imine (C=N–C) groups is 1. The number of halogens is 1. The van der Waals surface area contributed by atoms with Gasteiger partial charge in [-0.15, -0.1) is 45.5 Å². The molecule has 1 N–H and O–H groups in total. The average Bonchev–Trinajstić information content (AvgIpc) is 3.39. The third kappa shape index (κ3) is 8.21. The van der Waals surface area contributed by atoms with Crippen molar-refractivity contribution >= 4 is 47.2 Å². The number of nitrogens with one attached hydrogen (secondary N) is 1. The minimum atomic E-state index is 0. The fraction of sp³-hybridized carbons (Fsp3) is 0.600. The smallest absolute Gasteiger partial charge is 0.242 e. The number of amides is 1. The van der Waals surface area contributed by atoms with Crippen molar-refractivity contribution in [2.75, 3.05) is 39.8 Å². The Kier molecular flexibility index (Phi) is 12.6. The fourth-order valence-corrected chi connectivity index (χ4v) is 3.72.